The van der Waals surface area contributed by atoms with E-state index in [0.29, 0.717) is 12.1 Å². The van der Waals surface area contributed by atoms with Gasteiger partial charge >= 0.3 is 0 Å². The molecule has 1 aromatic rings. The molecule has 0 heterocycles. The van der Waals surface area contributed by atoms with Gasteiger partial charge in [0.2, 0.25) is 0 Å². The van der Waals surface area contributed by atoms with Crippen molar-refractivity contribution in [2.45, 2.75) is 65.5 Å². The minimum Gasteiger partial charge on any atom is -0.307 e. The van der Waals surface area contributed by atoms with Crippen molar-refractivity contribution in [1.82, 2.24) is 5.32 Å². The first kappa shape index (κ1) is 14.6. The van der Waals surface area contributed by atoms with Crippen molar-refractivity contribution in [2.24, 2.45) is 11.8 Å². The fraction of sp³-hybridized carbons (Fsp3) is 0.667. The summed E-state index contributed by atoms with van der Waals surface area (Å²) in [4.78, 5) is 0. The van der Waals surface area contributed by atoms with Crippen LogP contribution in [0.5, 0.6) is 0 Å². The Hall–Kier alpha value is -0.820. The zero-order valence-corrected chi connectivity index (χ0v) is 12.9. The molecule has 0 amide bonds. The predicted molar refractivity (Wildman–Crippen MR) is 83.3 cm³/mol. The Morgan fingerprint density at radius 3 is 2.47 bits per heavy atom. The summed E-state index contributed by atoms with van der Waals surface area (Å²) in [6.07, 6.45) is 5.29. The second-order valence-corrected chi connectivity index (χ2v) is 6.54. The molecular formula is C18H29N. The van der Waals surface area contributed by atoms with E-state index in [4.69, 9.17) is 0 Å². The monoisotopic (exact) mass is 259 g/mol. The first-order valence-corrected chi connectivity index (χ1v) is 7.92. The third-order valence-corrected chi connectivity index (χ3v) is 4.76. The largest absolute Gasteiger partial charge is 0.307 e. The van der Waals surface area contributed by atoms with Gasteiger partial charge in [-0.3, -0.25) is 0 Å². The lowest BCUT2D eigenvalue weighted by Crippen LogP contribution is -2.41. The molecule has 1 N–H and O–H groups in total. The van der Waals surface area contributed by atoms with Crippen LogP contribution in [-0.2, 0) is 0 Å². The summed E-state index contributed by atoms with van der Waals surface area (Å²) in [7, 11) is 0. The van der Waals surface area contributed by atoms with Gasteiger partial charge in [-0.2, -0.15) is 0 Å². The topological polar surface area (TPSA) is 12.0 Å². The standard InChI is InChI=1S/C18H29N/c1-5-17(16-10-7-13(2)8-11-16)19-18-12-14(3)6-9-15(18)4/h7-8,10-11,14-15,17-19H,5-6,9,12H2,1-4H3. The number of nitrogens with one attached hydrogen (secondary N) is 1. The second kappa shape index (κ2) is 6.56. The molecule has 1 aliphatic rings. The molecule has 1 heteroatoms. The SMILES string of the molecule is CCC(NC1CC(C)CCC1C)c1ccc(C)cc1. The summed E-state index contributed by atoms with van der Waals surface area (Å²) in [6, 6.07) is 10.2. The summed E-state index contributed by atoms with van der Waals surface area (Å²) >= 11 is 0. The Morgan fingerprint density at radius 2 is 1.84 bits per heavy atom. The van der Waals surface area contributed by atoms with Gasteiger partial charge in [0.25, 0.3) is 0 Å². The van der Waals surface area contributed by atoms with Crippen molar-refractivity contribution in [3.63, 3.8) is 0 Å². The molecule has 19 heavy (non-hydrogen) atoms. The highest BCUT2D eigenvalue weighted by Crippen LogP contribution is 2.30. The van der Waals surface area contributed by atoms with E-state index in [-0.39, 0.29) is 0 Å². The van der Waals surface area contributed by atoms with Crippen LogP contribution in [-0.4, -0.2) is 6.04 Å². The van der Waals surface area contributed by atoms with Crippen LogP contribution in [0.4, 0.5) is 0 Å². The molecule has 0 bridgehead atoms. The zero-order chi connectivity index (χ0) is 13.8. The molecule has 1 aromatic carbocycles. The van der Waals surface area contributed by atoms with Crippen LogP contribution < -0.4 is 5.32 Å². The van der Waals surface area contributed by atoms with Crippen molar-refractivity contribution in [1.29, 1.82) is 0 Å². The maximum Gasteiger partial charge on any atom is 0.0320 e. The van der Waals surface area contributed by atoms with Crippen molar-refractivity contribution in [3.8, 4) is 0 Å². The van der Waals surface area contributed by atoms with E-state index in [1.165, 1.54) is 36.8 Å². The summed E-state index contributed by atoms with van der Waals surface area (Å²) < 4.78 is 0. The molecule has 0 aliphatic heterocycles. The molecule has 4 unspecified atom stereocenters. The van der Waals surface area contributed by atoms with Crippen LogP contribution >= 0.6 is 0 Å². The van der Waals surface area contributed by atoms with Crippen molar-refractivity contribution in [2.75, 3.05) is 0 Å². The first-order chi connectivity index (χ1) is 9.10. The minimum absolute atomic E-state index is 0.512. The van der Waals surface area contributed by atoms with E-state index in [9.17, 15) is 0 Å². The summed E-state index contributed by atoms with van der Waals surface area (Å²) in [6.45, 7) is 9.25. The van der Waals surface area contributed by atoms with Crippen LogP contribution in [0, 0.1) is 18.8 Å². The Bertz CT molecular complexity index is 381. The van der Waals surface area contributed by atoms with Crippen LogP contribution in [0.15, 0.2) is 24.3 Å². The Balaban J connectivity index is 2.03. The smallest absolute Gasteiger partial charge is 0.0320 e. The Morgan fingerprint density at radius 1 is 1.16 bits per heavy atom. The van der Waals surface area contributed by atoms with Crippen molar-refractivity contribution >= 4 is 0 Å². The van der Waals surface area contributed by atoms with Crippen molar-refractivity contribution in [3.05, 3.63) is 35.4 Å². The van der Waals surface area contributed by atoms with Gasteiger partial charge in [-0.05, 0) is 43.6 Å². The van der Waals surface area contributed by atoms with Crippen LogP contribution in [0.25, 0.3) is 0 Å². The quantitative estimate of drug-likeness (QED) is 0.814. The molecule has 4 atom stereocenters. The van der Waals surface area contributed by atoms with Gasteiger partial charge in [0.15, 0.2) is 0 Å². The lowest BCUT2D eigenvalue weighted by atomic mass is 9.79. The molecule has 0 radical (unpaired) electrons. The highest BCUT2D eigenvalue weighted by atomic mass is 15.0. The minimum atomic E-state index is 0.512. The summed E-state index contributed by atoms with van der Waals surface area (Å²) in [5.41, 5.74) is 2.79. The van der Waals surface area contributed by atoms with E-state index < -0.39 is 0 Å². The van der Waals surface area contributed by atoms with Crippen LogP contribution in [0.2, 0.25) is 0 Å². The predicted octanol–water partition coefficient (Wildman–Crippen LogP) is 4.86. The molecule has 1 saturated carbocycles. The number of rotatable bonds is 4. The third-order valence-electron chi connectivity index (χ3n) is 4.76. The fourth-order valence-electron chi connectivity index (χ4n) is 3.27. The van der Waals surface area contributed by atoms with E-state index in [0.717, 1.165) is 11.8 Å². The molecule has 1 aliphatic carbocycles. The highest BCUT2D eigenvalue weighted by Gasteiger charge is 2.27. The number of benzene rings is 1. The van der Waals surface area contributed by atoms with Gasteiger partial charge in [0.1, 0.15) is 0 Å². The number of hydrogen-bond acceptors (Lipinski definition) is 1. The molecule has 0 spiro atoms. The molecule has 1 fully saturated rings. The Kier molecular flexibility index (Phi) is 5.04. The molecule has 106 valence electrons. The average Bonchev–Trinajstić information content (AvgIpc) is 2.41. The maximum atomic E-state index is 3.92. The highest BCUT2D eigenvalue weighted by molar-refractivity contribution is 5.24. The lowest BCUT2D eigenvalue weighted by Gasteiger charge is -2.36. The van der Waals surface area contributed by atoms with Crippen LogP contribution in [0.3, 0.4) is 0 Å². The van der Waals surface area contributed by atoms with Gasteiger partial charge < -0.3 is 5.32 Å². The van der Waals surface area contributed by atoms with Gasteiger partial charge in [-0.1, -0.05) is 57.0 Å². The van der Waals surface area contributed by atoms with E-state index in [1.54, 1.807) is 0 Å². The van der Waals surface area contributed by atoms with Gasteiger partial charge in [-0.15, -0.1) is 0 Å². The van der Waals surface area contributed by atoms with Crippen molar-refractivity contribution < 1.29 is 0 Å². The molecule has 0 saturated heterocycles. The number of aryl methyl sites for hydroxylation is 1. The maximum absolute atomic E-state index is 3.92. The number of hydrogen-bond donors (Lipinski definition) is 1. The second-order valence-electron chi connectivity index (χ2n) is 6.54. The van der Waals surface area contributed by atoms with Gasteiger partial charge in [-0.25, -0.2) is 0 Å². The molecule has 0 aromatic heterocycles. The van der Waals surface area contributed by atoms with E-state index >= 15 is 0 Å². The first-order valence-electron chi connectivity index (χ1n) is 7.92. The van der Waals surface area contributed by atoms with Gasteiger partial charge in [0.05, 0.1) is 0 Å². The summed E-state index contributed by atoms with van der Waals surface area (Å²) in [5, 5.41) is 3.92. The third kappa shape index (κ3) is 3.82. The Labute approximate surface area is 118 Å². The summed E-state index contributed by atoms with van der Waals surface area (Å²) in [5.74, 6) is 1.69. The molecule has 1 nitrogen and oxygen atoms in total. The van der Waals surface area contributed by atoms with Crippen LogP contribution in [0.1, 0.15) is 63.6 Å². The van der Waals surface area contributed by atoms with E-state index in [2.05, 4.69) is 57.3 Å². The lowest BCUT2D eigenvalue weighted by molar-refractivity contribution is 0.211. The van der Waals surface area contributed by atoms with E-state index in [1.807, 2.05) is 0 Å². The molecule has 2 rings (SSSR count). The normalized spacial score (nSPS) is 29.2. The molecular weight excluding hydrogens is 230 g/mol. The van der Waals surface area contributed by atoms with Gasteiger partial charge in [0, 0.05) is 12.1 Å². The fourth-order valence-corrected chi connectivity index (χ4v) is 3.27. The average molecular weight is 259 g/mol. The zero-order valence-electron chi connectivity index (χ0n) is 12.9.